The Morgan fingerprint density at radius 2 is 2.03 bits per heavy atom. The van der Waals surface area contributed by atoms with Crippen molar-refractivity contribution in [2.75, 3.05) is 5.32 Å². The van der Waals surface area contributed by atoms with Crippen LogP contribution in [0.4, 0.5) is 5.69 Å². The lowest BCUT2D eigenvalue weighted by atomic mass is 9.95. The number of benzene rings is 1. The summed E-state index contributed by atoms with van der Waals surface area (Å²) < 4.78 is 7.71. The summed E-state index contributed by atoms with van der Waals surface area (Å²) in [6, 6.07) is 13.1. The van der Waals surface area contributed by atoms with Crippen molar-refractivity contribution in [1.29, 1.82) is 5.26 Å². The monoisotopic (exact) mass is 421 g/mol. The number of anilines is 1. The van der Waals surface area contributed by atoms with E-state index >= 15 is 0 Å². The molecule has 0 spiro atoms. The minimum absolute atomic E-state index is 0.180. The molecule has 1 aliphatic carbocycles. The van der Waals surface area contributed by atoms with Crippen LogP contribution in [0.3, 0.4) is 0 Å². The molecule has 2 heterocycles. The first-order chi connectivity index (χ1) is 14.7. The summed E-state index contributed by atoms with van der Waals surface area (Å²) in [5.41, 5.74) is 0.955. The van der Waals surface area contributed by atoms with Crippen LogP contribution in [-0.4, -0.2) is 25.9 Å². The third-order valence-corrected chi connectivity index (χ3v) is 6.36. The van der Waals surface area contributed by atoms with Crippen LogP contribution in [0.25, 0.3) is 11.6 Å². The number of carbonyl (C=O) groups is 1. The summed E-state index contributed by atoms with van der Waals surface area (Å²) in [5.74, 6) is 1.21. The molecule has 1 aliphatic rings. The lowest BCUT2D eigenvalue weighted by Gasteiger charge is -2.25. The molecule has 0 bridgehead atoms. The van der Waals surface area contributed by atoms with Gasteiger partial charge in [-0.1, -0.05) is 43.2 Å². The lowest BCUT2D eigenvalue weighted by molar-refractivity contribution is -0.115. The molecular weight excluding hydrogens is 398 g/mol. The number of thioether (sulfide) groups is 1. The first-order valence-electron chi connectivity index (χ1n) is 10.1. The average molecular weight is 422 g/mol. The Morgan fingerprint density at radius 3 is 2.77 bits per heavy atom. The molecule has 1 amide bonds. The highest BCUT2D eigenvalue weighted by atomic mass is 32.2. The largest absolute Gasteiger partial charge is 0.461 e. The zero-order valence-corrected chi connectivity index (χ0v) is 17.6. The Hall–Kier alpha value is -3.05. The van der Waals surface area contributed by atoms with E-state index in [1.165, 1.54) is 31.0 Å². The van der Waals surface area contributed by atoms with E-state index in [1.807, 2.05) is 19.1 Å². The van der Waals surface area contributed by atoms with Crippen molar-refractivity contribution in [1.82, 2.24) is 14.8 Å². The van der Waals surface area contributed by atoms with E-state index in [0.717, 1.165) is 12.8 Å². The second-order valence-electron chi connectivity index (χ2n) is 7.35. The fraction of sp³-hybridized carbons (Fsp3) is 0.364. The van der Waals surface area contributed by atoms with Gasteiger partial charge in [0.05, 0.1) is 22.8 Å². The Labute approximate surface area is 179 Å². The molecule has 30 heavy (non-hydrogen) atoms. The molecule has 0 radical (unpaired) electrons. The van der Waals surface area contributed by atoms with Gasteiger partial charge in [-0.15, -0.1) is 10.2 Å². The standard InChI is InChI=1S/C22H23N5O2S/c1-15(21(28)24-18-11-6-5-8-16(18)14-23)30-22-26-25-20(19-12-7-13-29-19)27(22)17-9-3-2-4-10-17/h5-8,11-13,15,17H,2-4,9-10H2,1H3,(H,24,28)/t15-/m0/s1. The summed E-state index contributed by atoms with van der Waals surface area (Å²) in [6.07, 6.45) is 7.35. The topological polar surface area (TPSA) is 96.7 Å². The highest BCUT2D eigenvalue weighted by molar-refractivity contribution is 8.00. The number of rotatable bonds is 6. The number of hydrogen-bond donors (Lipinski definition) is 1. The van der Waals surface area contributed by atoms with Gasteiger partial charge in [0.25, 0.3) is 0 Å². The van der Waals surface area contributed by atoms with Crippen LogP contribution >= 0.6 is 11.8 Å². The van der Waals surface area contributed by atoms with Gasteiger partial charge in [0, 0.05) is 6.04 Å². The summed E-state index contributed by atoms with van der Waals surface area (Å²) >= 11 is 1.38. The highest BCUT2D eigenvalue weighted by Crippen LogP contribution is 2.36. The lowest BCUT2D eigenvalue weighted by Crippen LogP contribution is -2.24. The maximum absolute atomic E-state index is 12.8. The SMILES string of the molecule is C[C@H](Sc1nnc(-c2ccco2)n1C1CCCCC1)C(=O)Nc1ccccc1C#N. The highest BCUT2D eigenvalue weighted by Gasteiger charge is 2.27. The third-order valence-electron chi connectivity index (χ3n) is 5.30. The van der Waals surface area contributed by atoms with Crippen molar-refractivity contribution in [3.63, 3.8) is 0 Å². The predicted molar refractivity (Wildman–Crippen MR) is 115 cm³/mol. The normalized spacial score (nSPS) is 15.5. The van der Waals surface area contributed by atoms with Crippen molar-refractivity contribution in [3.05, 3.63) is 48.2 Å². The number of aromatic nitrogens is 3. The van der Waals surface area contributed by atoms with Crippen molar-refractivity contribution in [2.24, 2.45) is 0 Å². The van der Waals surface area contributed by atoms with Crippen molar-refractivity contribution < 1.29 is 9.21 Å². The number of hydrogen-bond acceptors (Lipinski definition) is 6. The van der Waals surface area contributed by atoms with E-state index in [4.69, 9.17) is 4.42 Å². The van der Waals surface area contributed by atoms with Crippen LogP contribution in [-0.2, 0) is 4.79 Å². The van der Waals surface area contributed by atoms with E-state index in [0.29, 0.717) is 34.0 Å². The van der Waals surface area contributed by atoms with Crippen LogP contribution in [0, 0.1) is 11.3 Å². The van der Waals surface area contributed by atoms with Crippen LogP contribution in [0.15, 0.2) is 52.2 Å². The molecule has 0 aliphatic heterocycles. The molecule has 1 fully saturated rings. The van der Waals surface area contributed by atoms with Crippen LogP contribution in [0.2, 0.25) is 0 Å². The molecule has 1 atom stereocenters. The second kappa shape index (κ2) is 9.18. The maximum Gasteiger partial charge on any atom is 0.237 e. The summed E-state index contributed by atoms with van der Waals surface area (Å²) in [6.45, 7) is 1.83. The number of amides is 1. The van der Waals surface area contributed by atoms with E-state index in [2.05, 4.69) is 26.2 Å². The molecule has 1 saturated carbocycles. The number of nitrogens with one attached hydrogen (secondary N) is 1. The molecule has 1 N–H and O–H groups in total. The fourth-order valence-corrected chi connectivity index (χ4v) is 4.65. The molecule has 8 heteroatoms. The summed E-state index contributed by atoms with van der Waals surface area (Å²) in [4.78, 5) is 12.8. The van der Waals surface area contributed by atoms with Crippen molar-refractivity contribution >= 4 is 23.4 Å². The van der Waals surface area contributed by atoms with Crippen LogP contribution in [0.1, 0.15) is 50.6 Å². The molecule has 7 nitrogen and oxygen atoms in total. The first-order valence-corrected chi connectivity index (χ1v) is 11.0. The zero-order chi connectivity index (χ0) is 20.9. The van der Waals surface area contributed by atoms with Crippen molar-refractivity contribution in [2.45, 2.75) is 55.5 Å². The summed E-state index contributed by atoms with van der Waals surface area (Å²) in [5, 5.41) is 21.2. The van der Waals surface area contributed by atoms with E-state index in [-0.39, 0.29) is 5.91 Å². The Morgan fingerprint density at radius 1 is 1.23 bits per heavy atom. The first kappa shape index (κ1) is 20.2. The quantitative estimate of drug-likeness (QED) is 0.561. The predicted octanol–water partition coefficient (Wildman–Crippen LogP) is 5.03. The number of para-hydroxylation sites is 1. The van der Waals surface area contributed by atoms with Gasteiger partial charge in [-0.3, -0.25) is 9.36 Å². The van der Waals surface area contributed by atoms with Gasteiger partial charge in [-0.05, 0) is 44.0 Å². The molecule has 4 rings (SSSR count). The van der Waals surface area contributed by atoms with Gasteiger partial charge in [0.15, 0.2) is 10.9 Å². The van der Waals surface area contributed by atoms with Crippen molar-refractivity contribution in [3.8, 4) is 17.7 Å². The van der Waals surface area contributed by atoms with Crippen LogP contribution in [0.5, 0.6) is 0 Å². The molecule has 2 aromatic heterocycles. The van der Waals surface area contributed by atoms with E-state index in [1.54, 1.807) is 30.5 Å². The van der Waals surface area contributed by atoms with E-state index < -0.39 is 5.25 Å². The molecular formula is C22H23N5O2S. The fourth-order valence-electron chi connectivity index (χ4n) is 3.74. The molecule has 154 valence electrons. The Kier molecular flexibility index (Phi) is 6.19. The molecule has 0 unspecified atom stereocenters. The molecule has 0 saturated heterocycles. The van der Waals surface area contributed by atoms with Gasteiger partial charge < -0.3 is 9.73 Å². The Bertz CT molecular complexity index is 1050. The Balaban J connectivity index is 1.56. The van der Waals surface area contributed by atoms with Gasteiger partial charge in [-0.25, -0.2) is 0 Å². The number of carbonyl (C=O) groups excluding carboxylic acids is 1. The third kappa shape index (κ3) is 4.26. The molecule has 1 aromatic carbocycles. The minimum atomic E-state index is -0.409. The van der Waals surface area contributed by atoms with Gasteiger partial charge in [0.2, 0.25) is 11.7 Å². The number of nitriles is 1. The minimum Gasteiger partial charge on any atom is -0.461 e. The van der Waals surface area contributed by atoms with Gasteiger partial charge >= 0.3 is 0 Å². The maximum atomic E-state index is 12.8. The second-order valence-corrected chi connectivity index (χ2v) is 8.66. The zero-order valence-electron chi connectivity index (χ0n) is 16.7. The summed E-state index contributed by atoms with van der Waals surface area (Å²) in [7, 11) is 0. The van der Waals surface area contributed by atoms with E-state index in [9.17, 15) is 10.1 Å². The average Bonchev–Trinajstić information content (AvgIpc) is 3.44. The van der Waals surface area contributed by atoms with Gasteiger partial charge in [0.1, 0.15) is 6.07 Å². The molecule has 3 aromatic rings. The van der Waals surface area contributed by atoms with Gasteiger partial charge in [-0.2, -0.15) is 5.26 Å². The number of nitrogens with zero attached hydrogens (tertiary/aromatic N) is 4. The van der Waals surface area contributed by atoms with Crippen LogP contribution < -0.4 is 5.32 Å². The number of furan rings is 1. The smallest absolute Gasteiger partial charge is 0.237 e.